The van der Waals surface area contributed by atoms with Crippen molar-refractivity contribution in [1.82, 2.24) is 15.1 Å². The Bertz CT molecular complexity index is 837. The largest absolute Gasteiger partial charge is 0.490 e. The van der Waals surface area contributed by atoms with Gasteiger partial charge in [-0.3, -0.25) is 9.48 Å². The molecule has 0 unspecified atom stereocenters. The van der Waals surface area contributed by atoms with Gasteiger partial charge in [0, 0.05) is 24.3 Å². The van der Waals surface area contributed by atoms with Crippen molar-refractivity contribution in [3.05, 3.63) is 41.2 Å². The highest BCUT2D eigenvalue weighted by atomic mass is 19.4. The van der Waals surface area contributed by atoms with Crippen LogP contribution in [0.4, 0.5) is 22.0 Å². The van der Waals surface area contributed by atoms with Gasteiger partial charge in [0.15, 0.2) is 17.2 Å². The van der Waals surface area contributed by atoms with Gasteiger partial charge in [0.05, 0.1) is 6.61 Å². The molecule has 0 saturated carbocycles. The van der Waals surface area contributed by atoms with Crippen molar-refractivity contribution in [3.63, 3.8) is 0 Å². The van der Waals surface area contributed by atoms with Gasteiger partial charge in [-0.05, 0) is 44.5 Å². The molecule has 160 valence electrons. The summed E-state index contributed by atoms with van der Waals surface area (Å²) in [7, 11) is 0. The lowest BCUT2D eigenvalue weighted by Crippen LogP contribution is -2.25. The number of alkyl halides is 5. The van der Waals surface area contributed by atoms with E-state index in [2.05, 4.69) is 15.2 Å². The summed E-state index contributed by atoms with van der Waals surface area (Å²) >= 11 is 0. The molecule has 1 amide bonds. The molecule has 2 aromatic rings. The lowest BCUT2D eigenvalue weighted by Gasteiger charge is -2.13. The third-order valence-electron chi connectivity index (χ3n) is 3.83. The normalized spacial score (nSPS) is 11.6. The van der Waals surface area contributed by atoms with Gasteiger partial charge in [-0.2, -0.15) is 27.1 Å². The van der Waals surface area contributed by atoms with Crippen LogP contribution in [0.1, 0.15) is 35.1 Å². The van der Waals surface area contributed by atoms with Crippen molar-refractivity contribution in [3.8, 4) is 11.5 Å². The summed E-state index contributed by atoms with van der Waals surface area (Å²) < 4.78 is 73.6. The summed E-state index contributed by atoms with van der Waals surface area (Å²) in [5, 5.41) is 6.12. The number of carbonyl (C=O) groups is 1. The maximum Gasteiger partial charge on any atom is 0.435 e. The van der Waals surface area contributed by atoms with Crippen LogP contribution in [-0.4, -0.2) is 35.5 Å². The van der Waals surface area contributed by atoms with Gasteiger partial charge in [0.2, 0.25) is 0 Å². The molecule has 6 nitrogen and oxygen atoms in total. The molecule has 0 spiro atoms. The highest BCUT2D eigenvalue weighted by molar-refractivity contribution is 5.94. The van der Waals surface area contributed by atoms with Crippen LogP contribution in [0.15, 0.2) is 24.3 Å². The lowest BCUT2D eigenvalue weighted by molar-refractivity contribution is -0.141. The molecule has 0 aliphatic rings. The van der Waals surface area contributed by atoms with Crippen molar-refractivity contribution in [2.45, 2.75) is 39.6 Å². The third kappa shape index (κ3) is 6.33. The van der Waals surface area contributed by atoms with Crippen LogP contribution in [0.25, 0.3) is 0 Å². The van der Waals surface area contributed by atoms with Gasteiger partial charge in [0.25, 0.3) is 5.91 Å². The first-order valence-corrected chi connectivity index (χ1v) is 8.73. The van der Waals surface area contributed by atoms with E-state index >= 15 is 0 Å². The second kappa shape index (κ2) is 9.57. The number of nitrogens with one attached hydrogen (secondary N) is 1. The van der Waals surface area contributed by atoms with E-state index in [1.165, 1.54) is 29.8 Å². The maximum atomic E-state index is 12.7. The van der Waals surface area contributed by atoms with E-state index in [1.54, 1.807) is 6.92 Å². The monoisotopic (exact) mass is 421 g/mol. The number of aryl methyl sites for hydroxylation is 2. The highest BCUT2D eigenvalue weighted by Gasteiger charge is 2.34. The van der Waals surface area contributed by atoms with Crippen LogP contribution >= 0.6 is 0 Å². The van der Waals surface area contributed by atoms with E-state index in [4.69, 9.17) is 4.74 Å². The molecule has 29 heavy (non-hydrogen) atoms. The van der Waals surface area contributed by atoms with Crippen LogP contribution < -0.4 is 14.8 Å². The average Bonchev–Trinajstić information content (AvgIpc) is 3.01. The first kappa shape index (κ1) is 22.4. The summed E-state index contributed by atoms with van der Waals surface area (Å²) in [6, 6.07) is 4.75. The number of hydrogen-bond acceptors (Lipinski definition) is 4. The molecular weight excluding hydrogens is 401 g/mol. The molecule has 1 aromatic heterocycles. The minimum absolute atomic E-state index is 0.00676. The Balaban J connectivity index is 1.92. The summed E-state index contributed by atoms with van der Waals surface area (Å²) in [5.74, 6) is -0.664. The van der Waals surface area contributed by atoms with E-state index in [0.717, 1.165) is 6.07 Å². The van der Waals surface area contributed by atoms with Crippen molar-refractivity contribution < 1.29 is 36.2 Å². The van der Waals surface area contributed by atoms with E-state index in [9.17, 15) is 26.7 Å². The molecule has 0 saturated heterocycles. The van der Waals surface area contributed by atoms with Gasteiger partial charge >= 0.3 is 12.8 Å². The lowest BCUT2D eigenvalue weighted by atomic mass is 10.2. The number of halogens is 5. The Morgan fingerprint density at radius 3 is 2.55 bits per heavy atom. The van der Waals surface area contributed by atoms with Gasteiger partial charge in [-0.25, -0.2) is 0 Å². The standard InChI is InChI=1S/C18H20F5N3O3/c1-3-28-14-10-12(5-6-13(14)29-17(19)20)16(27)24-7-4-8-26-11(2)9-15(25-26)18(21,22)23/h5-6,9-10,17H,3-4,7-8H2,1-2H3,(H,24,27). The quantitative estimate of drug-likeness (QED) is 0.491. The maximum absolute atomic E-state index is 12.7. The Kier molecular flexibility index (Phi) is 7.40. The molecular formula is C18H20F5N3O3. The predicted molar refractivity (Wildman–Crippen MR) is 93.2 cm³/mol. The van der Waals surface area contributed by atoms with Gasteiger partial charge in [-0.1, -0.05) is 0 Å². The molecule has 1 N–H and O–H groups in total. The number of hydrogen-bond donors (Lipinski definition) is 1. The van der Waals surface area contributed by atoms with E-state index in [-0.39, 0.29) is 36.8 Å². The SMILES string of the molecule is CCOc1cc(C(=O)NCCCn2nc(C(F)(F)F)cc2C)ccc1OC(F)F. The first-order chi connectivity index (χ1) is 13.6. The van der Waals surface area contributed by atoms with Crippen LogP contribution in [0.2, 0.25) is 0 Å². The fourth-order valence-corrected chi connectivity index (χ4v) is 2.52. The Morgan fingerprint density at radius 1 is 1.24 bits per heavy atom. The van der Waals surface area contributed by atoms with Gasteiger partial charge in [-0.15, -0.1) is 0 Å². The summed E-state index contributed by atoms with van der Waals surface area (Å²) in [6.07, 6.45) is -4.17. The third-order valence-corrected chi connectivity index (χ3v) is 3.83. The molecule has 0 atom stereocenters. The zero-order valence-electron chi connectivity index (χ0n) is 15.7. The first-order valence-electron chi connectivity index (χ1n) is 8.73. The second-order valence-electron chi connectivity index (χ2n) is 5.97. The number of amides is 1. The van der Waals surface area contributed by atoms with Crippen molar-refractivity contribution in [2.75, 3.05) is 13.2 Å². The summed E-state index contributed by atoms with van der Waals surface area (Å²) in [5.41, 5.74) is -0.432. The minimum Gasteiger partial charge on any atom is -0.490 e. The van der Waals surface area contributed by atoms with Crippen molar-refractivity contribution in [1.29, 1.82) is 0 Å². The molecule has 0 aliphatic carbocycles. The Morgan fingerprint density at radius 2 is 1.97 bits per heavy atom. The Labute approximate surface area is 163 Å². The summed E-state index contributed by atoms with van der Waals surface area (Å²) in [4.78, 5) is 12.2. The molecule has 0 radical (unpaired) electrons. The van der Waals surface area contributed by atoms with Crippen LogP contribution in [0.5, 0.6) is 11.5 Å². The molecule has 2 rings (SSSR count). The second-order valence-corrected chi connectivity index (χ2v) is 5.97. The molecule has 1 aromatic carbocycles. The molecule has 0 bridgehead atoms. The number of nitrogens with zero attached hydrogens (tertiary/aromatic N) is 2. The number of benzene rings is 1. The number of aromatic nitrogens is 2. The Hall–Kier alpha value is -2.85. The van der Waals surface area contributed by atoms with E-state index in [1.807, 2.05) is 0 Å². The zero-order chi connectivity index (χ0) is 21.6. The predicted octanol–water partition coefficient (Wildman–Crippen LogP) is 4.03. The minimum atomic E-state index is -4.51. The van der Waals surface area contributed by atoms with Crippen molar-refractivity contribution >= 4 is 5.91 Å². The van der Waals surface area contributed by atoms with E-state index in [0.29, 0.717) is 12.1 Å². The molecule has 11 heteroatoms. The molecule has 1 heterocycles. The highest BCUT2D eigenvalue weighted by Crippen LogP contribution is 2.30. The fourth-order valence-electron chi connectivity index (χ4n) is 2.52. The van der Waals surface area contributed by atoms with Crippen LogP contribution in [-0.2, 0) is 12.7 Å². The zero-order valence-corrected chi connectivity index (χ0v) is 15.7. The van der Waals surface area contributed by atoms with E-state index < -0.39 is 24.4 Å². The van der Waals surface area contributed by atoms with Crippen LogP contribution in [0.3, 0.4) is 0 Å². The summed E-state index contributed by atoms with van der Waals surface area (Å²) in [6.45, 7) is 0.692. The fraction of sp³-hybridized carbons (Fsp3) is 0.444. The van der Waals surface area contributed by atoms with Gasteiger partial charge in [0.1, 0.15) is 0 Å². The van der Waals surface area contributed by atoms with Crippen LogP contribution in [0, 0.1) is 6.92 Å². The molecule has 0 fully saturated rings. The average molecular weight is 421 g/mol. The topological polar surface area (TPSA) is 65.4 Å². The van der Waals surface area contributed by atoms with Gasteiger partial charge < -0.3 is 14.8 Å². The molecule has 0 aliphatic heterocycles. The van der Waals surface area contributed by atoms with Crippen molar-refractivity contribution in [2.24, 2.45) is 0 Å². The smallest absolute Gasteiger partial charge is 0.435 e. The number of rotatable bonds is 9. The number of carbonyl (C=O) groups excluding carboxylic acids is 1. The number of ether oxygens (including phenoxy) is 2.